The number of aromatic nitrogens is 1. The van der Waals surface area contributed by atoms with Gasteiger partial charge in [0.2, 0.25) is 5.91 Å². The van der Waals surface area contributed by atoms with Crippen molar-refractivity contribution in [1.82, 2.24) is 25.8 Å². The highest BCUT2D eigenvalue weighted by atomic mass is 35.5. The number of ether oxygens (including phenoxy) is 2. The molecule has 37 heavy (non-hydrogen) atoms. The monoisotopic (exact) mass is 553 g/mol. The molecular weight excluding hydrogens is 517 g/mol. The average molecular weight is 555 g/mol. The number of pyridine rings is 1. The zero-order valence-electron chi connectivity index (χ0n) is 21.1. The molecule has 9 nitrogen and oxygen atoms in total. The summed E-state index contributed by atoms with van der Waals surface area (Å²) < 4.78 is 11.6. The second-order valence-corrected chi connectivity index (χ2v) is 9.01. The van der Waals surface area contributed by atoms with E-state index in [-0.39, 0.29) is 48.8 Å². The van der Waals surface area contributed by atoms with Crippen LogP contribution in [0.2, 0.25) is 0 Å². The molecule has 1 aromatic carbocycles. The minimum atomic E-state index is -0.291. The molecule has 2 aromatic rings. The van der Waals surface area contributed by atoms with Gasteiger partial charge < -0.3 is 25.4 Å². The summed E-state index contributed by atoms with van der Waals surface area (Å²) in [7, 11) is 1.57. The maximum absolute atomic E-state index is 12.8. The number of nitrogens with one attached hydrogen (secondary N) is 3. The highest BCUT2D eigenvalue weighted by molar-refractivity contribution is 5.94. The van der Waals surface area contributed by atoms with E-state index in [1.165, 1.54) is 0 Å². The van der Waals surface area contributed by atoms with Crippen LogP contribution in [-0.2, 0) is 11.3 Å². The van der Waals surface area contributed by atoms with Gasteiger partial charge in [0.05, 0.1) is 18.8 Å². The second-order valence-electron chi connectivity index (χ2n) is 9.01. The zero-order valence-corrected chi connectivity index (χ0v) is 22.7. The number of rotatable bonds is 3. The smallest absolute Gasteiger partial charge is 0.251 e. The fraction of sp³-hybridized carbons (Fsp3) is 0.500. The summed E-state index contributed by atoms with van der Waals surface area (Å²) >= 11 is 0. The van der Waals surface area contributed by atoms with E-state index in [4.69, 9.17) is 9.47 Å². The topological polar surface area (TPSA) is 105 Å². The lowest BCUT2D eigenvalue weighted by Crippen LogP contribution is -2.40. The molecule has 3 N–H and O–H groups in total. The predicted octanol–water partition coefficient (Wildman–Crippen LogP) is 2.58. The van der Waals surface area contributed by atoms with Gasteiger partial charge in [0, 0.05) is 50.9 Å². The quantitative estimate of drug-likeness (QED) is 0.536. The van der Waals surface area contributed by atoms with Crippen molar-refractivity contribution in [3.8, 4) is 11.5 Å². The normalized spacial score (nSPS) is 21.4. The Hall–Kier alpha value is -2.59. The Morgan fingerprint density at radius 2 is 1.86 bits per heavy atom. The Morgan fingerprint density at radius 3 is 2.65 bits per heavy atom. The molecule has 2 amide bonds. The first-order valence-electron chi connectivity index (χ1n) is 12.4. The SMILES string of the molecule is COc1ccc2cc1O[C@@H]1CN[C@@H](C1)C(=O)NCCCCN(Cc1ccccn1)CCCNC2=O.Cl.Cl. The molecule has 0 unspecified atom stereocenters. The summed E-state index contributed by atoms with van der Waals surface area (Å²) in [5.74, 6) is 0.922. The molecule has 11 heteroatoms. The minimum Gasteiger partial charge on any atom is -0.493 e. The first-order valence-corrected chi connectivity index (χ1v) is 12.4. The van der Waals surface area contributed by atoms with Crippen molar-refractivity contribution in [2.24, 2.45) is 0 Å². The summed E-state index contributed by atoms with van der Waals surface area (Å²) in [4.78, 5) is 32.2. The lowest BCUT2D eigenvalue weighted by Gasteiger charge is -2.22. The van der Waals surface area contributed by atoms with E-state index in [0.717, 1.165) is 44.6 Å². The van der Waals surface area contributed by atoms with Crippen LogP contribution in [0.5, 0.6) is 11.5 Å². The van der Waals surface area contributed by atoms with Crippen molar-refractivity contribution in [3.63, 3.8) is 0 Å². The Labute approximate surface area is 230 Å². The molecule has 0 aliphatic carbocycles. The van der Waals surface area contributed by atoms with Gasteiger partial charge in [-0.1, -0.05) is 6.07 Å². The van der Waals surface area contributed by atoms with Crippen LogP contribution in [0.4, 0.5) is 0 Å². The number of nitrogens with zero attached hydrogens (tertiary/aromatic N) is 2. The van der Waals surface area contributed by atoms with Gasteiger partial charge in [-0.3, -0.25) is 19.5 Å². The second kappa shape index (κ2) is 15.6. The average Bonchev–Trinajstić information content (AvgIpc) is 3.34. The number of methoxy groups -OCH3 is 1. The molecule has 2 aliphatic heterocycles. The number of amides is 2. The van der Waals surface area contributed by atoms with Crippen molar-refractivity contribution in [1.29, 1.82) is 0 Å². The molecule has 4 rings (SSSR count). The molecule has 204 valence electrons. The van der Waals surface area contributed by atoms with Gasteiger partial charge in [0.1, 0.15) is 6.10 Å². The number of benzene rings is 1. The first-order chi connectivity index (χ1) is 17.1. The van der Waals surface area contributed by atoms with Gasteiger partial charge >= 0.3 is 0 Å². The highest BCUT2D eigenvalue weighted by Crippen LogP contribution is 2.30. The third-order valence-corrected chi connectivity index (χ3v) is 6.38. The van der Waals surface area contributed by atoms with Gasteiger partial charge in [0.25, 0.3) is 5.91 Å². The van der Waals surface area contributed by atoms with Crippen LogP contribution in [0.15, 0.2) is 42.6 Å². The standard InChI is InChI=1S/C26H35N5O4.2ClH/c1-34-23-9-8-19-15-24(23)35-21-16-22(30-17-21)26(33)29-11-4-5-13-31(14-6-12-28-25(19)32)18-20-7-2-3-10-27-20;;/h2-3,7-10,15,21-22,30H,4-6,11-14,16-18H2,1H3,(H,28,32)(H,29,33);2*1H/t21-,22-;;/m0../s1. The van der Waals surface area contributed by atoms with Gasteiger partial charge in [-0.05, 0) is 56.1 Å². The molecule has 1 fully saturated rings. The summed E-state index contributed by atoms with van der Waals surface area (Å²) in [6.07, 6.45) is 4.88. The Kier molecular flexibility index (Phi) is 12.9. The largest absolute Gasteiger partial charge is 0.493 e. The van der Waals surface area contributed by atoms with Gasteiger partial charge in [-0.25, -0.2) is 0 Å². The van der Waals surface area contributed by atoms with Gasteiger partial charge in [-0.2, -0.15) is 0 Å². The van der Waals surface area contributed by atoms with E-state index in [0.29, 0.717) is 43.1 Å². The van der Waals surface area contributed by atoms with E-state index in [2.05, 4.69) is 25.8 Å². The third kappa shape index (κ3) is 9.03. The minimum absolute atomic E-state index is 0. The highest BCUT2D eigenvalue weighted by Gasteiger charge is 2.31. The van der Waals surface area contributed by atoms with Gasteiger partial charge in [0.15, 0.2) is 11.5 Å². The number of fused-ring (bicyclic) bond motifs is 4. The maximum atomic E-state index is 12.8. The van der Waals surface area contributed by atoms with Crippen LogP contribution in [0.1, 0.15) is 41.7 Å². The molecular formula is C26H37Cl2N5O4. The molecule has 0 radical (unpaired) electrons. The molecule has 2 aliphatic rings. The molecule has 1 aromatic heterocycles. The van der Waals surface area contributed by atoms with Crippen LogP contribution in [0.25, 0.3) is 0 Å². The van der Waals surface area contributed by atoms with Crippen molar-refractivity contribution in [2.75, 3.05) is 39.8 Å². The van der Waals surface area contributed by atoms with Crippen molar-refractivity contribution >= 4 is 36.6 Å². The van der Waals surface area contributed by atoms with Crippen LogP contribution >= 0.6 is 24.8 Å². The Balaban J connectivity index is 0.00000241. The third-order valence-electron chi connectivity index (χ3n) is 6.38. The summed E-state index contributed by atoms with van der Waals surface area (Å²) in [6.45, 7) is 4.28. The number of hydrogen-bond acceptors (Lipinski definition) is 7. The van der Waals surface area contributed by atoms with Crippen molar-refractivity contribution in [2.45, 2.75) is 44.4 Å². The molecule has 0 saturated carbocycles. The molecule has 4 bridgehead atoms. The zero-order chi connectivity index (χ0) is 24.5. The lowest BCUT2D eigenvalue weighted by molar-refractivity contribution is -0.122. The van der Waals surface area contributed by atoms with Crippen molar-refractivity contribution in [3.05, 3.63) is 53.9 Å². The summed E-state index contributed by atoms with van der Waals surface area (Å²) in [6, 6.07) is 10.8. The Morgan fingerprint density at radius 1 is 1.05 bits per heavy atom. The van der Waals surface area contributed by atoms with E-state index in [9.17, 15) is 9.59 Å². The van der Waals surface area contributed by atoms with E-state index in [1.807, 2.05) is 24.4 Å². The van der Waals surface area contributed by atoms with Crippen LogP contribution in [0, 0.1) is 0 Å². The fourth-order valence-electron chi connectivity index (χ4n) is 4.47. The Bertz CT molecular complexity index is 998. The number of hydrogen-bond donors (Lipinski definition) is 3. The van der Waals surface area contributed by atoms with Gasteiger partial charge in [-0.15, -0.1) is 24.8 Å². The first kappa shape index (κ1) is 30.6. The number of halogens is 2. The van der Waals surface area contributed by atoms with Crippen LogP contribution in [-0.4, -0.2) is 73.7 Å². The molecule has 1 saturated heterocycles. The van der Waals surface area contributed by atoms with E-state index < -0.39 is 0 Å². The van der Waals surface area contributed by atoms with E-state index in [1.54, 1.807) is 25.3 Å². The molecule has 2 atom stereocenters. The fourth-order valence-corrected chi connectivity index (χ4v) is 4.47. The lowest BCUT2D eigenvalue weighted by atomic mass is 10.1. The predicted molar refractivity (Wildman–Crippen MR) is 147 cm³/mol. The number of carbonyl (C=O) groups excluding carboxylic acids is 2. The van der Waals surface area contributed by atoms with Crippen LogP contribution in [0.3, 0.4) is 0 Å². The molecule has 0 spiro atoms. The number of carbonyl (C=O) groups is 2. The maximum Gasteiger partial charge on any atom is 0.251 e. The van der Waals surface area contributed by atoms with Crippen LogP contribution < -0.4 is 25.4 Å². The summed E-state index contributed by atoms with van der Waals surface area (Å²) in [5, 5.41) is 9.32. The summed E-state index contributed by atoms with van der Waals surface area (Å²) in [5.41, 5.74) is 1.54. The molecule has 3 heterocycles. The van der Waals surface area contributed by atoms with E-state index >= 15 is 0 Å². The van der Waals surface area contributed by atoms with Crippen molar-refractivity contribution < 1.29 is 19.1 Å².